The molecule has 0 bridgehead atoms. The largest absolute Gasteiger partial charge is 0.497 e. The zero-order valence-corrected chi connectivity index (χ0v) is 13.2. The van der Waals surface area contributed by atoms with Crippen molar-refractivity contribution in [3.05, 3.63) is 72.3 Å². The molecule has 0 fully saturated rings. The van der Waals surface area contributed by atoms with Crippen LogP contribution in [0.25, 0.3) is 0 Å². The number of hydrogen-bond acceptors (Lipinski definition) is 4. The molecule has 0 aliphatic rings. The van der Waals surface area contributed by atoms with Gasteiger partial charge in [-0.25, -0.2) is 4.98 Å². The fourth-order valence-electron chi connectivity index (χ4n) is 2.11. The zero-order chi connectivity index (χ0) is 16.8. The minimum Gasteiger partial charge on any atom is -0.497 e. The van der Waals surface area contributed by atoms with Gasteiger partial charge in [-0.2, -0.15) is 0 Å². The van der Waals surface area contributed by atoms with Gasteiger partial charge in [0.25, 0.3) is 5.91 Å². The molecule has 24 heavy (non-hydrogen) atoms. The Labute approximate surface area is 139 Å². The van der Waals surface area contributed by atoms with Gasteiger partial charge in [-0.1, -0.05) is 0 Å². The van der Waals surface area contributed by atoms with Gasteiger partial charge in [0, 0.05) is 18.0 Å². The number of imidazole rings is 1. The van der Waals surface area contributed by atoms with Crippen molar-refractivity contribution in [2.75, 3.05) is 7.11 Å². The Morgan fingerprint density at radius 1 is 1.04 bits per heavy atom. The summed E-state index contributed by atoms with van der Waals surface area (Å²) in [5.74, 6) is 2.67. The van der Waals surface area contributed by atoms with Gasteiger partial charge in [-0.05, 0) is 48.5 Å². The number of aromatic amines is 1. The number of rotatable bonds is 6. The summed E-state index contributed by atoms with van der Waals surface area (Å²) >= 11 is 0. The number of amides is 1. The first kappa shape index (κ1) is 15.6. The molecule has 0 unspecified atom stereocenters. The summed E-state index contributed by atoms with van der Waals surface area (Å²) in [6.07, 6.45) is 3.36. The average molecular weight is 323 g/mol. The average Bonchev–Trinajstić information content (AvgIpc) is 3.14. The Bertz CT molecular complexity index is 781. The number of methoxy groups -OCH3 is 1. The highest BCUT2D eigenvalue weighted by Crippen LogP contribution is 2.24. The van der Waals surface area contributed by atoms with Crippen molar-refractivity contribution in [3.8, 4) is 17.2 Å². The van der Waals surface area contributed by atoms with Gasteiger partial charge in [0.05, 0.1) is 13.7 Å². The van der Waals surface area contributed by atoms with Crippen LogP contribution in [0.5, 0.6) is 17.2 Å². The number of benzene rings is 2. The molecule has 3 rings (SSSR count). The van der Waals surface area contributed by atoms with Gasteiger partial charge >= 0.3 is 0 Å². The minimum absolute atomic E-state index is 0.164. The second-order valence-electron chi connectivity index (χ2n) is 5.02. The molecule has 1 aromatic heterocycles. The SMILES string of the molecule is COc1ccc(Oc2ccc(C(=O)NCc3ncc[nH]3)cc2)cc1. The fraction of sp³-hybridized carbons (Fsp3) is 0.111. The quantitative estimate of drug-likeness (QED) is 0.730. The third-order valence-electron chi connectivity index (χ3n) is 3.38. The molecule has 0 atom stereocenters. The van der Waals surface area contributed by atoms with Crippen LogP contribution in [-0.4, -0.2) is 23.0 Å². The summed E-state index contributed by atoms with van der Waals surface area (Å²) in [6.45, 7) is 0.357. The van der Waals surface area contributed by atoms with E-state index < -0.39 is 0 Å². The van der Waals surface area contributed by atoms with Crippen LogP contribution in [0.4, 0.5) is 0 Å². The molecule has 1 heterocycles. The van der Waals surface area contributed by atoms with Gasteiger partial charge in [0.1, 0.15) is 23.1 Å². The highest BCUT2D eigenvalue weighted by Gasteiger charge is 2.06. The van der Waals surface area contributed by atoms with Gasteiger partial charge in [0.2, 0.25) is 0 Å². The van der Waals surface area contributed by atoms with Crippen molar-refractivity contribution in [2.24, 2.45) is 0 Å². The molecule has 0 saturated carbocycles. The Kier molecular flexibility index (Phi) is 4.76. The second kappa shape index (κ2) is 7.32. The van der Waals surface area contributed by atoms with Crippen LogP contribution < -0.4 is 14.8 Å². The van der Waals surface area contributed by atoms with E-state index >= 15 is 0 Å². The minimum atomic E-state index is -0.164. The lowest BCUT2D eigenvalue weighted by Gasteiger charge is -2.08. The maximum atomic E-state index is 12.1. The van der Waals surface area contributed by atoms with Crippen LogP contribution in [0.1, 0.15) is 16.2 Å². The molecular formula is C18H17N3O3. The molecule has 6 heteroatoms. The summed E-state index contributed by atoms with van der Waals surface area (Å²) in [5.41, 5.74) is 0.559. The van der Waals surface area contributed by atoms with Crippen molar-refractivity contribution in [2.45, 2.75) is 6.54 Å². The lowest BCUT2D eigenvalue weighted by atomic mass is 10.2. The molecule has 122 valence electrons. The molecule has 3 aromatic rings. The van der Waals surface area contributed by atoms with E-state index in [-0.39, 0.29) is 5.91 Å². The smallest absolute Gasteiger partial charge is 0.251 e. The number of carbonyl (C=O) groups is 1. The van der Waals surface area contributed by atoms with Crippen LogP contribution in [-0.2, 0) is 6.54 Å². The predicted molar refractivity (Wildman–Crippen MR) is 89.3 cm³/mol. The van der Waals surface area contributed by atoms with Crippen molar-refractivity contribution in [1.82, 2.24) is 15.3 Å². The first-order valence-corrected chi connectivity index (χ1v) is 7.43. The molecule has 6 nitrogen and oxygen atoms in total. The van der Waals surface area contributed by atoms with Crippen LogP contribution in [0.2, 0.25) is 0 Å². The Balaban J connectivity index is 1.58. The molecular weight excluding hydrogens is 306 g/mol. The summed E-state index contributed by atoms with van der Waals surface area (Å²) in [7, 11) is 1.62. The molecule has 0 aliphatic heterocycles. The van der Waals surface area contributed by atoms with Crippen molar-refractivity contribution >= 4 is 5.91 Å². The van der Waals surface area contributed by atoms with Gasteiger partial charge in [0.15, 0.2) is 0 Å². The second-order valence-corrected chi connectivity index (χ2v) is 5.02. The van der Waals surface area contributed by atoms with Crippen molar-refractivity contribution < 1.29 is 14.3 Å². The first-order valence-electron chi connectivity index (χ1n) is 7.43. The number of ether oxygens (including phenoxy) is 2. The highest BCUT2D eigenvalue weighted by molar-refractivity contribution is 5.94. The maximum absolute atomic E-state index is 12.1. The van der Waals surface area contributed by atoms with E-state index in [0.717, 1.165) is 5.75 Å². The summed E-state index contributed by atoms with van der Waals surface area (Å²) in [4.78, 5) is 19.1. The zero-order valence-electron chi connectivity index (χ0n) is 13.2. The van der Waals surface area contributed by atoms with Gasteiger partial charge in [-0.15, -0.1) is 0 Å². The van der Waals surface area contributed by atoms with E-state index in [9.17, 15) is 4.79 Å². The predicted octanol–water partition coefficient (Wildman–Crippen LogP) is 3.14. The number of nitrogens with zero attached hydrogens (tertiary/aromatic N) is 1. The highest BCUT2D eigenvalue weighted by atomic mass is 16.5. The van der Waals surface area contributed by atoms with Crippen LogP contribution in [0.3, 0.4) is 0 Å². The van der Waals surface area contributed by atoms with Crippen molar-refractivity contribution in [3.63, 3.8) is 0 Å². The molecule has 0 spiro atoms. The van der Waals surface area contributed by atoms with E-state index in [1.165, 1.54) is 0 Å². The number of carbonyl (C=O) groups excluding carboxylic acids is 1. The molecule has 1 amide bonds. The molecule has 0 saturated heterocycles. The standard InChI is InChI=1S/C18H17N3O3/c1-23-14-6-8-16(9-7-14)24-15-4-2-13(3-5-15)18(22)21-12-17-19-10-11-20-17/h2-11H,12H2,1H3,(H,19,20)(H,21,22). The van der Waals surface area contributed by atoms with Crippen LogP contribution in [0.15, 0.2) is 60.9 Å². The fourth-order valence-corrected chi connectivity index (χ4v) is 2.11. The summed E-state index contributed by atoms with van der Waals surface area (Å²) in [6, 6.07) is 14.2. The maximum Gasteiger partial charge on any atom is 0.251 e. The Hall–Kier alpha value is -3.28. The summed E-state index contributed by atoms with van der Waals surface area (Å²) < 4.78 is 10.8. The number of nitrogens with one attached hydrogen (secondary N) is 2. The third kappa shape index (κ3) is 3.92. The Morgan fingerprint density at radius 2 is 1.67 bits per heavy atom. The first-order chi connectivity index (χ1) is 11.7. The molecule has 0 aliphatic carbocycles. The topological polar surface area (TPSA) is 76.2 Å². The summed E-state index contributed by atoms with van der Waals surface area (Å²) in [5, 5.41) is 2.80. The van der Waals surface area contributed by atoms with Crippen LogP contribution in [0, 0.1) is 0 Å². The van der Waals surface area contributed by atoms with E-state index in [4.69, 9.17) is 9.47 Å². The third-order valence-corrected chi connectivity index (χ3v) is 3.38. The molecule has 0 radical (unpaired) electrons. The van der Waals surface area contributed by atoms with E-state index in [0.29, 0.717) is 29.4 Å². The number of H-pyrrole nitrogens is 1. The van der Waals surface area contributed by atoms with E-state index in [1.807, 2.05) is 24.3 Å². The van der Waals surface area contributed by atoms with Gasteiger partial charge in [-0.3, -0.25) is 4.79 Å². The van der Waals surface area contributed by atoms with Crippen LogP contribution >= 0.6 is 0 Å². The number of hydrogen-bond donors (Lipinski definition) is 2. The van der Waals surface area contributed by atoms with E-state index in [2.05, 4.69) is 15.3 Å². The van der Waals surface area contributed by atoms with E-state index in [1.54, 1.807) is 43.8 Å². The normalized spacial score (nSPS) is 10.2. The molecule has 2 aromatic carbocycles. The van der Waals surface area contributed by atoms with Gasteiger partial charge < -0.3 is 19.8 Å². The molecule has 2 N–H and O–H groups in total. The lowest BCUT2D eigenvalue weighted by Crippen LogP contribution is -2.23. The van der Waals surface area contributed by atoms with Crippen molar-refractivity contribution in [1.29, 1.82) is 0 Å². The monoisotopic (exact) mass is 323 g/mol. The number of aromatic nitrogens is 2. The lowest BCUT2D eigenvalue weighted by molar-refractivity contribution is 0.0950. The Morgan fingerprint density at radius 3 is 2.25 bits per heavy atom.